The highest BCUT2D eigenvalue weighted by molar-refractivity contribution is 5.80. The molecule has 0 radical (unpaired) electrons. The lowest BCUT2D eigenvalue weighted by Crippen LogP contribution is -2.41. The van der Waals surface area contributed by atoms with Crippen molar-refractivity contribution in [2.24, 2.45) is 5.92 Å². The predicted molar refractivity (Wildman–Crippen MR) is 55.8 cm³/mol. The molecule has 1 heterocycles. The molecule has 2 fully saturated rings. The number of carbonyl (C=O) groups excluding carboxylic acids is 1. The molecule has 80 valence electrons. The van der Waals surface area contributed by atoms with Gasteiger partial charge >= 0.3 is 0 Å². The van der Waals surface area contributed by atoms with E-state index in [9.17, 15) is 4.79 Å². The van der Waals surface area contributed by atoms with Crippen molar-refractivity contribution in [1.82, 2.24) is 10.2 Å². The molecule has 0 aromatic heterocycles. The molecule has 1 unspecified atom stereocenters. The van der Waals surface area contributed by atoms with Gasteiger partial charge in [-0.1, -0.05) is 19.3 Å². The molecule has 1 atom stereocenters. The van der Waals surface area contributed by atoms with E-state index in [0.29, 0.717) is 12.6 Å². The third kappa shape index (κ3) is 1.92. The Morgan fingerprint density at radius 2 is 2.07 bits per heavy atom. The molecule has 3 heteroatoms. The molecule has 1 N–H and O–H groups in total. The van der Waals surface area contributed by atoms with Gasteiger partial charge in [0, 0.05) is 6.04 Å². The zero-order valence-electron chi connectivity index (χ0n) is 8.96. The van der Waals surface area contributed by atoms with Gasteiger partial charge in [-0.15, -0.1) is 0 Å². The van der Waals surface area contributed by atoms with Crippen LogP contribution < -0.4 is 5.32 Å². The summed E-state index contributed by atoms with van der Waals surface area (Å²) in [5.41, 5.74) is 0. The van der Waals surface area contributed by atoms with Crippen LogP contribution in [0.1, 0.15) is 39.0 Å². The Balaban J connectivity index is 1.92. The maximum Gasteiger partial charge on any atom is 0.237 e. The largest absolute Gasteiger partial charge is 0.326 e. The van der Waals surface area contributed by atoms with Crippen molar-refractivity contribution in [3.8, 4) is 0 Å². The molecule has 2 rings (SSSR count). The van der Waals surface area contributed by atoms with Crippen molar-refractivity contribution in [2.45, 2.75) is 45.1 Å². The number of rotatable bonds is 2. The van der Waals surface area contributed by atoms with Gasteiger partial charge in [-0.3, -0.25) is 10.1 Å². The number of hydrogen-bond donors (Lipinski definition) is 1. The van der Waals surface area contributed by atoms with Crippen LogP contribution in [0.4, 0.5) is 0 Å². The number of nitrogens with one attached hydrogen (secondary N) is 1. The second-order valence-electron chi connectivity index (χ2n) is 4.59. The second kappa shape index (κ2) is 4.30. The summed E-state index contributed by atoms with van der Waals surface area (Å²) in [4.78, 5) is 13.5. The highest BCUT2D eigenvalue weighted by Crippen LogP contribution is 2.29. The lowest BCUT2D eigenvalue weighted by Gasteiger charge is -2.33. The normalized spacial score (nSPS) is 26.9. The quantitative estimate of drug-likeness (QED) is 0.723. The fourth-order valence-electron chi connectivity index (χ4n) is 2.72. The first-order chi connectivity index (χ1) is 6.79. The Labute approximate surface area is 85.8 Å². The van der Waals surface area contributed by atoms with Gasteiger partial charge in [-0.25, -0.2) is 0 Å². The summed E-state index contributed by atoms with van der Waals surface area (Å²) in [6.45, 7) is 3.51. The molecular formula is C11H20N2O. The maximum absolute atomic E-state index is 11.5. The highest BCUT2D eigenvalue weighted by Gasteiger charge is 2.30. The van der Waals surface area contributed by atoms with Crippen molar-refractivity contribution in [2.75, 3.05) is 13.2 Å². The number of amides is 1. The summed E-state index contributed by atoms with van der Waals surface area (Å²) in [5.74, 6) is 1.02. The standard InChI is InChI=1S/C11H20N2O/c1-9(10-5-3-2-4-6-10)13-8-12-7-11(13)14/h9-10,12H,2-8H2,1H3. The lowest BCUT2D eigenvalue weighted by molar-refractivity contribution is -0.129. The van der Waals surface area contributed by atoms with Crippen molar-refractivity contribution in [3.05, 3.63) is 0 Å². The van der Waals surface area contributed by atoms with Gasteiger partial charge in [0.15, 0.2) is 0 Å². The van der Waals surface area contributed by atoms with E-state index >= 15 is 0 Å². The van der Waals surface area contributed by atoms with Crippen molar-refractivity contribution in [1.29, 1.82) is 0 Å². The van der Waals surface area contributed by atoms with E-state index in [1.54, 1.807) is 0 Å². The van der Waals surface area contributed by atoms with E-state index in [4.69, 9.17) is 0 Å². The summed E-state index contributed by atoms with van der Waals surface area (Å²) in [6.07, 6.45) is 6.71. The van der Waals surface area contributed by atoms with E-state index in [2.05, 4.69) is 12.2 Å². The van der Waals surface area contributed by atoms with Crippen LogP contribution in [-0.4, -0.2) is 30.1 Å². The average Bonchev–Trinajstić information content (AvgIpc) is 2.65. The van der Waals surface area contributed by atoms with Crippen LogP contribution >= 0.6 is 0 Å². The summed E-state index contributed by atoms with van der Waals surface area (Å²) < 4.78 is 0. The molecule has 1 saturated carbocycles. The fraction of sp³-hybridized carbons (Fsp3) is 0.909. The third-order valence-electron chi connectivity index (χ3n) is 3.70. The van der Waals surface area contributed by atoms with Gasteiger partial charge in [0.05, 0.1) is 13.2 Å². The zero-order chi connectivity index (χ0) is 9.97. The second-order valence-corrected chi connectivity index (χ2v) is 4.59. The van der Waals surface area contributed by atoms with Crippen molar-refractivity contribution >= 4 is 5.91 Å². The topological polar surface area (TPSA) is 32.3 Å². The van der Waals surface area contributed by atoms with Gasteiger partial charge < -0.3 is 4.90 Å². The van der Waals surface area contributed by atoms with Crippen LogP contribution in [0.2, 0.25) is 0 Å². The maximum atomic E-state index is 11.5. The minimum absolute atomic E-state index is 0.281. The Bertz CT molecular complexity index is 211. The summed E-state index contributed by atoms with van der Waals surface area (Å²) in [5, 5.41) is 3.12. The van der Waals surface area contributed by atoms with E-state index in [0.717, 1.165) is 12.6 Å². The summed E-state index contributed by atoms with van der Waals surface area (Å²) >= 11 is 0. The highest BCUT2D eigenvalue weighted by atomic mass is 16.2. The molecule has 1 amide bonds. The van der Waals surface area contributed by atoms with Crippen molar-refractivity contribution < 1.29 is 4.79 Å². The smallest absolute Gasteiger partial charge is 0.237 e. The molecule has 1 saturated heterocycles. The third-order valence-corrected chi connectivity index (χ3v) is 3.70. The van der Waals surface area contributed by atoms with E-state index < -0.39 is 0 Å². The Morgan fingerprint density at radius 3 is 2.64 bits per heavy atom. The fourth-order valence-corrected chi connectivity index (χ4v) is 2.72. The summed E-state index contributed by atoms with van der Waals surface area (Å²) in [6, 6.07) is 0.442. The van der Waals surface area contributed by atoms with Gasteiger partial charge in [0.2, 0.25) is 5.91 Å². The Hall–Kier alpha value is -0.570. The first kappa shape index (κ1) is 9.97. The number of carbonyl (C=O) groups is 1. The first-order valence-electron chi connectivity index (χ1n) is 5.79. The molecule has 3 nitrogen and oxygen atoms in total. The monoisotopic (exact) mass is 196 g/mol. The molecule has 1 aliphatic heterocycles. The number of hydrogen-bond acceptors (Lipinski definition) is 2. The van der Waals surface area contributed by atoms with Gasteiger partial charge in [-0.2, -0.15) is 0 Å². The van der Waals surface area contributed by atoms with Crippen LogP contribution in [-0.2, 0) is 4.79 Å². The number of nitrogens with zero attached hydrogens (tertiary/aromatic N) is 1. The van der Waals surface area contributed by atoms with Gasteiger partial charge in [0.1, 0.15) is 0 Å². The van der Waals surface area contributed by atoms with Crippen LogP contribution in [0, 0.1) is 5.92 Å². The molecule has 0 aromatic carbocycles. The molecule has 0 bridgehead atoms. The molecule has 1 aliphatic carbocycles. The first-order valence-corrected chi connectivity index (χ1v) is 5.79. The molecule has 0 aromatic rings. The SMILES string of the molecule is CC(C1CCCCC1)N1CNCC1=O. The van der Waals surface area contributed by atoms with Crippen molar-refractivity contribution in [3.63, 3.8) is 0 Å². The van der Waals surface area contributed by atoms with Crippen LogP contribution in [0.15, 0.2) is 0 Å². The van der Waals surface area contributed by atoms with E-state index in [1.807, 2.05) is 4.90 Å². The van der Waals surface area contributed by atoms with Crippen LogP contribution in [0.5, 0.6) is 0 Å². The predicted octanol–water partition coefficient (Wildman–Crippen LogP) is 1.34. The Morgan fingerprint density at radius 1 is 1.36 bits per heavy atom. The van der Waals surface area contributed by atoms with Gasteiger partial charge in [-0.05, 0) is 25.7 Å². The zero-order valence-corrected chi connectivity index (χ0v) is 8.96. The molecular weight excluding hydrogens is 176 g/mol. The van der Waals surface area contributed by atoms with E-state index in [1.165, 1.54) is 32.1 Å². The van der Waals surface area contributed by atoms with Gasteiger partial charge in [0.25, 0.3) is 0 Å². The Kier molecular flexibility index (Phi) is 3.06. The minimum atomic E-state index is 0.281. The lowest BCUT2D eigenvalue weighted by atomic mass is 9.84. The van der Waals surface area contributed by atoms with Crippen LogP contribution in [0.25, 0.3) is 0 Å². The molecule has 14 heavy (non-hydrogen) atoms. The van der Waals surface area contributed by atoms with Crippen LogP contribution in [0.3, 0.4) is 0 Å². The summed E-state index contributed by atoms with van der Waals surface area (Å²) in [7, 11) is 0. The average molecular weight is 196 g/mol. The molecule has 0 spiro atoms. The minimum Gasteiger partial charge on any atom is -0.326 e. The molecule has 2 aliphatic rings. The van der Waals surface area contributed by atoms with E-state index in [-0.39, 0.29) is 5.91 Å².